The average Bonchev–Trinajstić information content (AvgIpc) is 3.46. The predicted octanol–water partition coefficient (Wildman–Crippen LogP) is 4.41. The van der Waals surface area contributed by atoms with Crippen molar-refractivity contribution in [2.24, 2.45) is 5.92 Å². The molecule has 1 heterocycles. The van der Waals surface area contributed by atoms with E-state index in [4.69, 9.17) is 9.84 Å². The minimum absolute atomic E-state index is 0.00871. The maximum atomic E-state index is 12.4. The van der Waals surface area contributed by atoms with Crippen LogP contribution >= 0.6 is 11.3 Å². The predicted molar refractivity (Wildman–Crippen MR) is 132 cm³/mol. The Morgan fingerprint density at radius 1 is 1.06 bits per heavy atom. The molecule has 2 amide bonds. The van der Waals surface area contributed by atoms with Gasteiger partial charge in [-0.05, 0) is 28.2 Å². The summed E-state index contributed by atoms with van der Waals surface area (Å²) in [6.07, 6.45) is 1.57. The lowest BCUT2D eigenvalue weighted by Gasteiger charge is -2.14. The number of thiazole rings is 1. The van der Waals surface area contributed by atoms with Crippen LogP contribution in [0.1, 0.15) is 51.5 Å². The van der Waals surface area contributed by atoms with E-state index in [1.54, 1.807) is 0 Å². The second kappa shape index (κ2) is 11.1. The fourth-order valence-electron chi connectivity index (χ4n) is 4.23. The van der Waals surface area contributed by atoms with Gasteiger partial charge in [-0.15, -0.1) is 11.3 Å². The summed E-state index contributed by atoms with van der Waals surface area (Å²) in [6.45, 7) is 2.54. The Balaban J connectivity index is 1.26. The number of aromatic nitrogens is 1. The Hall–Kier alpha value is -3.72. The van der Waals surface area contributed by atoms with E-state index in [0.29, 0.717) is 16.3 Å². The summed E-state index contributed by atoms with van der Waals surface area (Å²) in [5.74, 6) is -1.33. The minimum Gasteiger partial charge on any atom is -0.481 e. The third-order valence-corrected chi connectivity index (χ3v) is 7.09. The fraction of sp³-hybridized carbons (Fsp3) is 0.308. The first-order valence-electron chi connectivity index (χ1n) is 11.5. The Bertz CT molecular complexity index is 1180. The number of carbonyl (C=O) groups is 3. The highest BCUT2D eigenvalue weighted by molar-refractivity contribution is 7.13. The average molecular weight is 494 g/mol. The number of amides is 2. The van der Waals surface area contributed by atoms with Crippen molar-refractivity contribution in [1.29, 1.82) is 0 Å². The van der Waals surface area contributed by atoms with Crippen LogP contribution in [0.25, 0.3) is 11.1 Å². The number of benzene rings is 2. The molecular formula is C26H27N3O5S. The molecule has 1 aliphatic rings. The second-order valence-electron chi connectivity index (χ2n) is 8.38. The maximum Gasteiger partial charge on any atom is 0.407 e. The van der Waals surface area contributed by atoms with E-state index >= 15 is 0 Å². The molecule has 4 rings (SSSR count). The fourth-order valence-corrected chi connectivity index (χ4v) is 5.00. The van der Waals surface area contributed by atoms with Crippen LogP contribution in [0.2, 0.25) is 0 Å². The molecule has 0 spiro atoms. The van der Waals surface area contributed by atoms with Crippen molar-refractivity contribution in [3.8, 4) is 11.1 Å². The third-order valence-electron chi connectivity index (χ3n) is 6.10. The van der Waals surface area contributed by atoms with E-state index < -0.39 is 12.1 Å². The van der Waals surface area contributed by atoms with Crippen LogP contribution < -0.4 is 10.6 Å². The number of rotatable bonds is 10. The first-order valence-corrected chi connectivity index (χ1v) is 12.3. The standard InChI is InChI=1S/C26H27N3O5S/c1-2-16(11-24(30)31)12-28-25(32)22-13-27-23(35-22)14-29-26(33)34-15-21-19-9-5-3-7-17(19)18-8-4-6-10-20(18)21/h3-10,13,16,21H,2,11-12,14-15H2,1H3,(H,28,32)(H,29,33)(H,30,31). The molecule has 0 saturated carbocycles. The van der Waals surface area contributed by atoms with Gasteiger partial charge in [0.05, 0.1) is 12.7 Å². The highest BCUT2D eigenvalue weighted by Gasteiger charge is 2.29. The molecule has 35 heavy (non-hydrogen) atoms. The number of hydrogen-bond donors (Lipinski definition) is 3. The lowest BCUT2D eigenvalue weighted by molar-refractivity contribution is -0.138. The van der Waals surface area contributed by atoms with Crippen molar-refractivity contribution in [2.75, 3.05) is 13.2 Å². The van der Waals surface area contributed by atoms with Crippen molar-refractivity contribution >= 4 is 29.3 Å². The zero-order valence-electron chi connectivity index (χ0n) is 19.3. The summed E-state index contributed by atoms with van der Waals surface area (Å²) in [5, 5.41) is 14.9. The van der Waals surface area contributed by atoms with Gasteiger partial charge in [0.15, 0.2) is 0 Å². The van der Waals surface area contributed by atoms with Gasteiger partial charge >= 0.3 is 12.1 Å². The number of carboxylic acids is 1. The normalized spacial score (nSPS) is 12.9. The molecule has 1 unspecified atom stereocenters. The molecule has 1 aliphatic carbocycles. The molecular weight excluding hydrogens is 466 g/mol. The van der Waals surface area contributed by atoms with Gasteiger partial charge in [0, 0.05) is 18.9 Å². The van der Waals surface area contributed by atoms with E-state index in [1.165, 1.54) is 28.7 Å². The van der Waals surface area contributed by atoms with Crippen LogP contribution in [-0.4, -0.2) is 41.2 Å². The van der Waals surface area contributed by atoms with Gasteiger partial charge < -0.3 is 20.5 Å². The number of hydrogen-bond acceptors (Lipinski definition) is 6. The Morgan fingerprint density at radius 2 is 1.71 bits per heavy atom. The molecule has 0 bridgehead atoms. The molecule has 182 valence electrons. The molecule has 9 heteroatoms. The number of nitrogens with zero attached hydrogens (tertiary/aromatic N) is 1. The Labute approximate surface area is 207 Å². The van der Waals surface area contributed by atoms with Crippen molar-refractivity contribution in [3.63, 3.8) is 0 Å². The number of aliphatic carboxylic acids is 1. The van der Waals surface area contributed by atoms with E-state index in [2.05, 4.69) is 39.9 Å². The monoisotopic (exact) mass is 493 g/mol. The lowest BCUT2D eigenvalue weighted by atomic mass is 9.98. The molecule has 0 fully saturated rings. The first kappa shape index (κ1) is 24.4. The summed E-state index contributed by atoms with van der Waals surface area (Å²) in [6, 6.07) is 16.3. The van der Waals surface area contributed by atoms with Crippen molar-refractivity contribution in [3.05, 3.63) is 75.7 Å². The number of carboxylic acid groups (broad SMARTS) is 1. The van der Waals surface area contributed by atoms with Crippen molar-refractivity contribution in [1.82, 2.24) is 15.6 Å². The van der Waals surface area contributed by atoms with Crippen molar-refractivity contribution in [2.45, 2.75) is 32.2 Å². The molecule has 3 N–H and O–H groups in total. The summed E-state index contributed by atoms with van der Waals surface area (Å²) in [5.41, 5.74) is 4.62. The van der Waals surface area contributed by atoms with Crippen LogP contribution in [0.5, 0.6) is 0 Å². The van der Waals surface area contributed by atoms with Gasteiger partial charge in [-0.3, -0.25) is 9.59 Å². The van der Waals surface area contributed by atoms with Crippen LogP contribution in [0.4, 0.5) is 4.79 Å². The summed E-state index contributed by atoms with van der Waals surface area (Å²) in [7, 11) is 0. The smallest absolute Gasteiger partial charge is 0.407 e. The number of nitrogens with one attached hydrogen (secondary N) is 2. The first-order chi connectivity index (χ1) is 17.0. The maximum absolute atomic E-state index is 12.4. The molecule has 1 aromatic heterocycles. The van der Waals surface area contributed by atoms with Gasteiger partial charge in [-0.25, -0.2) is 9.78 Å². The van der Waals surface area contributed by atoms with E-state index in [0.717, 1.165) is 11.1 Å². The highest BCUT2D eigenvalue weighted by Crippen LogP contribution is 2.44. The van der Waals surface area contributed by atoms with Gasteiger partial charge in [-0.1, -0.05) is 61.9 Å². The number of carbonyl (C=O) groups excluding carboxylic acids is 2. The highest BCUT2D eigenvalue weighted by atomic mass is 32.1. The second-order valence-corrected chi connectivity index (χ2v) is 9.49. The molecule has 8 nitrogen and oxygen atoms in total. The molecule has 3 aromatic rings. The molecule has 0 radical (unpaired) electrons. The molecule has 0 aliphatic heterocycles. The summed E-state index contributed by atoms with van der Waals surface area (Å²) in [4.78, 5) is 40.2. The van der Waals surface area contributed by atoms with Crippen LogP contribution in [0.15, 0.2) is 54.7 Å². The van der Waals surface area contributed by atoms with Crippen LogP contribution in [-0.2, 0) is 16.1 Å². The van der Waals surface area contributed by atoms with Crippen LogP contribution in [0, 0.1) is 5.92 Å². The molecule has 1 atom stereocenters. The zero-order valence-corrected chi connectivity index (χ0v) is 20.1. The van der Waals surface area contributed by atoms with E-state index in [1.807, 2.05) is 31.2 Å². The topological polar surface area (TPSA) is 118 Å². The summed E-state index contributed by atoms with van der Waals surface area (Å²) >= 11 is 1.17. The number of ether oxygens (including phenoxy) is 1. The van der Waals surface area contributed by atoms with Gasteiger partial charge in [-0.2, -0.15) is 0 Å². The largest absolute Gasteiger partial charge is 0.481 e. The number of alkyl carbamates (subject to hydrolysis) is 1. The molecule has 0 saturated heterocycles. The quantitative estimate of drug-likeness (QED) is 0.385. The van der Waals surface area contributed by atoms with E-state index in [9.17, 15) is 14.4 Å². The van der Waals surface area contributed by atoms with E-state index in [-0.39, 0.29) is 43.9 Å². The summed E-state index contributed by atoms with van der Waals surface area (Å²) < 4.78 is 5.52. The minimum atomic E-state index is -0.884. The Kier molecular flexibility index (Phi) is 7.77. The zero-order chi connectivity index (χ0) is 24.8. The van der Waals surface area contributed by atoms with Gasteiger partial charge in [0.2, 0.25) is 0 Å². The van der Waals surface area contributed by atoms with Crippen molar-refractivity contribution < 1.29 is 24.2 Å². The molecule has 2 aromatic carbocycles. The SMILES string of the molecule is CCC(CNC(=O)c1cnc(CNC(=O)OCC2c3ccccc3-c3ccccc32)s1)CC(=O)O. The Morgan fingerprint density at radius 3 is 2.34 bits per heavy atom. The van der Waals surface area contributed by atoms with Gasteiger partial charge in [0.1, 0.15) is 16.5 Å². The van der Waals surface area contributed by atoms with Crippen LogP contribution in [0.3, 0.4) is 0 Å². The lowest BCUT2D eigenvalue weighted by Crippen LogP contribution is -2.29. The van der Waals surface area contributed by atoms with Gasteiger partial charge in [0.25, 0.3) is 5.91 Å². The third kappa shape index (κ3) is 5.86. The number of fused-ring (bicyclic) bond motifs is 3.